The van der Waals surface area contributed by atoms with Crippen LogP contribution in [0.5, 0.6) is 5.75 Å². The molecule has 1 aliphatic rings. The van der Waals surface area contributed by atoms with Gasteiger partial charge in [0.25, 0.3) is 0 Å². The Hall–Kier alpha value is -1.85. The zero-order valence-corrected chi connectivity index (χ0v) is 15.2. The van der Waals surface area contributed by atoms with E-state index >= 15 is 0 Å². The minimum atomic E-state index is 0.0240. The number of nitrogens with one attached hydrogen (secondary N) is 1. The van der Waals surface area contributed by atoms with Gasteiger partial charge in [0.05, 0.1) is 5.92 Å². The molecule has 0 aromatic heterocycles. The van der Waals surface area contributed by atoms with E-state index in [1.807, 2.05) is 25.1 Å². The molecule has 2 N–H and O–H groups in total. The molecule has 1 fully saturated rings. The van der Waals surface area contributed by atoms with Crippen molar-refractivity contribution < 1.29 is 14.6 Å². The molecule has 0 bridgehead atoms. The maximum atomic E-state index is 12.3. The van der Waals surface area contributed by atoms with Crippen LogP contribution in [0.1, 0.15) is 31.7 Å². The average Bonchev–Trinajstić information content (AvgIpc) is 2.61. The lowest BCUT2D eigenvalue weighted by Crippen LogP contribution is -2.43. The Kier molecular flexibility index (Phi) is 7.95. The lowest BCUT2D eigenvalue weighted by Gasteiger charge is -2.32. The third-order valence-electron chi connectivity index (χ3n) is 4.35. The average molecular weight is 346 g/mol. The number of aliphatic hydroxyl groups is 1. The molecule has 5 nitrogen and oxygen atoms in total. The third-order valence-corrected chi connectivity index (χ3v) is 4.35. The van der Waals surface area contributed by atoms with Crippen molar-refractivity contribution in [2.75, 3.05) is 32.8 Å². The molecule has 1 amide bonds. The molecule has 5 heteroatoms. The zero-order valence-electron chi connectivity index (χ0n) is 15.2. The number of likely N-dealkylation sites (tertiary alicyclic amines) is 1. The molecule has 1 aromatic carbocycles. The van der Waals surface area contributed by atoms with Crippen LogP contribution in [0.3, 0.4) is 0 Å². The largest absolute Gasteiger partial charge is 0.489 e. The van der Waals surface area contributed by atoms with Crippen LogP contribution in [0.4, 0.5) is 0 Å². The molecule has 138 valence electrons. The Morgan fingerprint density at radius 2 is 2.24 bits per heavy atom. The standard InChI is InChI=1S/C20H30N2O3/c1-16(2)15-25-19-9-4-3-7-17(19)13-22-11-5-8-18(14-22)20(24)21-10-6-12-23/h3-4,7,9,18,23H,1,5-6,8,10-15H2,2H3,(H,21,24)/t18-/m0/s1. The predicted molar refractivity (Wildman–Crippen MR) is 99.5 cm³/mol. The number of carbonyl (C=O) groups is 1. The highest BCUT2D eigenvalue weighted by atomic mass is 16.5. The fourth-order valence-corrected chi connectivity index (χ4v) is 3.07. The smallest absolute Gasteiger partial charge is 0.224 e. The summed E-state index contributed by atoms with van der Waals surface area (Å²) < 4.78 is 5.85. The van der Waals surface area contributed by atoms with Crippen molar-refractivity contribution in [2.45, 2.75) is 32.7 Å². The van der Waals surface area contributed by atoms with Gasteiger partial charge in [0.2, 0.25) is 5.91 Å². The number of amides is 1. The van der Waals surface area contributed by atoms with Crippen molar-refractivity contribution in [1.82, 2.24) is 10.2 Å². The van der Waals surface area contributed by atoms with Crippen LogP contribution in [0, 0.1) is 5.92 Å². The molecule has 0 radical (unpaired) electrons. The number of rotatable bonds is 9. The van der Waals surface area contributed by atoms with E-state index in [2.05, 4.69) is 22.9 Å². The molecule has 0 saturated carbocycles. The van der Waals surface area contributed by atoms with Crippen LogP contribution in [0.15, 0.2) is 36.4 Å². The maximum absolute atomic E-state index is 12.3. The number of aliphatic hydroxyl groups excluding tert-OH is 1. The quantitative estimate of drug-likeness (QED) is 0.532. The summed E-state index contributed by atoms with van der Waals surface area (Å²) in [5.74, 6) is 1.01. The van der Waals surface area contributed by atoms with Gasteiger partial charge in [-0.05, 0) is 44.4 Å². The van der Waals surface area contributed by atoms with Crippen molar-refractivity contribution >= 4 is 5.91 Å². The highest BCUT2D eigenvalue weighted by molar-refractivity contribution is 5.78. The van der Waals surface area contributed by atoms with Crippen LogP contribution >= 0.6 is 0 Å². The number of hydrogen-bond donors (Lipinski definition) is 2. The van der Waals surface area contributed by atoms with Gasteiger partial charge in [-0.2, -0.15) is 0 Å². The highest BCUT2D eigenvalue weighted by Gasteiger charge is 2.26. The summed E-state index contributed by atoms with van der Waals surface area (Å²) in [7, 11) is 0. The van der Waals surface area contributed by atoms with E-state index in [1.165, 1.54) is 0 Å². The number of hydrogen-bond acceptors (Lipinski definition) is 4. The number of benzene rings is 1. The summed E-state index contributed by atoms with van der Waals surface area (Å²) in [6.07, 6.45) is 2.55. The van der Waals surface area contributed by atoms with Gasteiger partial charge in [-0.25, -0.2) is 0 Å². The Balaban J connectivity index is 1.91. The summed E-state index contributed by atoms with van der Waals surface area (Å²) in [4.78, 5) is 14.6. The van der Waals surface area contributed by atoms with Crippen LogP contribution in [0.2, 0.25) is 0 Å². The Labute approximate surface area is 150 Å². The van der Waals surface area contributed by atoms with E-state index in [9.17, 15) is 4.79 Å². The van der Waals surface area contributed by atoms with E-state index in [-0.39, 0.29) is 18.4 Å². The molecule has 1 atom stereocenters. The molecule has 1 aromatic rings. The molecule has 1 saturated heterocycles. The fourth-order valence-electron chi connectivity index (χ4n) is 3.07. The van der Waals surface area contributed by atoms with Crippen molar-refractivity contribution in [2.24, 2.45) is 5.92 Å². The summed E-state index contributed by atoms with van der Waals surface area (Å²) in [5, 5.41) is 11.7. The van der Waals surface area contributed by atoms with Gasteiger partial charge in [-0.15, -0.1) is 0 Å². The van der Waals surface area contributed by atoms with Gasteiger partial charge in [-0.3, -0.25) is 9.69 Å². The molecule has 0 unspecified atom stereocenters. The van der Waals surface area contributed by atoms with Crippen LogP contribution in [0.25, 0.3) is 0 Å². The van der Waals surface area contributed by atoms with E-state index < -0.39 is 0 Å². The first-order valence-electron chi connectivity index (χ1n) is 9.06. The Morgan fingerprint density at radius 1 is 1.44 bits per heavy atom. The lowest BCUT2D eigenvalue weighted by atomic mass is 9.96. The molecule has 0 spiro atoms. The molecular weight excluding hydrogens is 316 g/mol. The summed E-state index contributed by atoms with van der Waals surface area (Å²) in [5.41, 5.74) is 2.14. The minimum Gasteiger partial charge on any atom is -0.489 e. The molecule has 2 rings (SSSR count). The lowest BCUT2D eigenvalue weighted by molar-refractivity contribution is -0.126. The number of carbonyl (C=O) groups excluding carboxylic acids is 1. The predicted octanol–water partition coefficient (Wildman–Crippen LogP) is 2.35. The second kappa shape index (κ2) is 10.2. The van der Waals surface area contributed by atoms with Crippen molar-refractivity contribution in [3.63, 3.8) is 0 Å². The number of piperidine rings is 1. The Morgan fingerprint density at radius 3 is 3.00 bits per heavy atom. The topological polar surface area (TPSA) is 61.8 Å². The second-order valence-corrected chi connectivity index (χ2v) is 6.80. The number of para-hydroxylation sites is 1. The van der Waals surface area contributed by atoms with E-state index in [0.29, 0.717) is 19.6 Å². The SMILES string of the molecule is C=C(C)COc1ccccc1CN1CCC[C@H](C(=O)NCCCO)C1. The maximum Gasteiger partial charge on any atom is 0.224 e. The Bertz CT molecular complexity index is 574. The zero-order chi connectivity index (χ0) is 18.1. The van der Waals surface area contributed by atoms with Gasteiger partial charge >= 0.3 is 0 Å². The third kappa shape index (κ3) is 6.52. The summed E-state index contributed by atoms with van der Waals surface area (Å²) >= 11 is 0. The first-order chi connectivity index (χ1) is 12.1. The van der Waals surface area contributed by atoms with Crippen molar-refractivity contribution in [1.29, 1.82) is 0 Å². The van der Waals surface area contributed by atoms with Gasteiger partial charge in [0, 0.05) is 31.8 Å². The number of ether oxygens (including phenoxy) is 1. The van der Waals surface area contributed by atoms with E-state index in [1.54, 1.807) is 0 Å². The molecule has 0 aliphatic carbocycles. The molecule has 1 heterocycles. The first-order valence-corrected chi connectivity index (χ1v) is 9.06. The van der Waals surface area contributed by atoms with E-state index in [4.69, 9.17) is 9.84 Å². The molecular formula is C20H30N2O3. The van der Waals surface area contributed by atoms with Gasteiger partial charge in [-0.1, -0.05) is 24.8 Å². The summed E-state index contributed by atoms with van der Waals surface area (Å²) in [6, 6.07) is 8.07. The number of nitrogens with zero attached hydrogens (tertiary/aromatic N) is 1. The monoisotopic (exact) mass is 346 g/mol. The van der Waals surface area contributed by atoms with Crippen LogP contribution in [-0.2, 0) is 11.3 Å². The molecule has 25 heavy (non-hydrogen) atoms. The normalized spacial score (nSPS) is 17.9. The van der Waals surface area contributed by atoms with Crippen LogP contribution < -0.4 is 10.1 Å². The molecule has 1 aliphatic heterocycles. The first kappa shape index (κ1) is 19.5. The summed E-state index contributed by atoms with van der Waals surface area (Å²) in [6.45, 7) is 9.55. The van der Waals surface area contributed by atoms with Gasteiger partial charge < -0.3 is 15.2 Å². The second-order valence-electron chi connectivity index (χ2n) is 6.80. The van der Waals surface area contributed by atoms with Crippen molar-refractivity contribution in [3.8, 4) is 5.75 Å². The van der Waals surface area contributed by atoms with Gasteiger partial charge in [0.1, 0.15) is 12.4 Å². The fraction of sp³-hybridized carbons (Fsp3) is 0.550. The van der Waals surface area contributed by atoms with Crippen LogP contribution in [-0.4, -0.2) is 48.8 Å². The minimum absolute atomic E-state index is 0.0240. The van der Waals surface area contributed by atoms with Gasteiger partial charge in [0.15, 0.2) is 0 Å². The van der Waals surface area contributed by atoms with E-state index in [0.717, 1.165) is 49.4 Å². The highest BCUT2D eigenvalue weighted by Crippen LogP contribution is 2.24. The van der Waals surface area contributed by atoms with Crippen molar-refractivity contribution in [3.05, 3.63) is 42.0 Å².